The van der Waals surface area contributed by atoms with Crippen LogP contribution in [0.15, 0.2) is 28.3 Å². The molecule has 1 N–H and O–H groups in total. The molecular weight excluding hydrogens is 278 g/mol. The van der Waals surface area contributed by atoms with Crippen LogP contribution in [0.1, 0.15) is 42.7 Å². The van der Waals surface area contributed by atoms with Crippen LogP contribution in [0, 0.1) is 5.21 Å². The first-order valence-electron chi connectivity index (χ1n) is 6.11. The fraction of sp³-hybridized carbons (Fsp3) is 0.429. The summed E-state index contributed by atoms with van der Waals surface area (Å²) >= 11 is 3.64. The Labute approximate surface area is 110 Å². The van der Waals surface area contributed by atoms with E-state index in [2.05, 4.69) is 28.9 Å². The number of halogens is 1. The topological polar surface area (TPSA) is 27.5 Å². The third kappa shape index (κ3) is 1.53. The van der Waals surface area contributed by atoms with Crippen molar-refractivity contribution in [3.63, 3.8) is 0 Å². The van der Waals surface area contributed by atoms with Crippen molar-refractivity contribution < 1.29 is 5.06 Å². The van der Waals surface area contributed by atoms with Gasteiger partial charge in [-0.3, -0.25) is 0 Å². The first-order valence-corrected chi connectivity index (χ1v) is 6.90. The molecule has 0 spiro atoms. The monoisotopic (exact) mass is 293 g/mol. The fourth-order valence-corrected chi connectivity index (χ4v) is 4.13. The molecule has 1 fully saturated rings. The summed E-state index contributed by atoms with van der Waals surface area (Å²) in [5.41, 5.74) is 5.14. The molecular formula is C14H16BrNO. The zero-order chi connectivity index (χ0) is 12.2. The Bertz CT molecular complexity index is 503. The maximum Gasteiger partial charge on any atom is 0.135 e. The summed E-state index contributed by atoms with van der Waals surface area (Å²) in [7, 11) is 1.67. The van der Waals surface area contributed by atoms with Crippen LogP contribution in [0.3, 0.4) is 0 Å². The zero-order valence-corrected chi connectivity index (χ0v) is 11.7. The van der Waals surface area contributed by atoms with E-state index in [1.54, 1.807) is 7.05 Å². The summed E-state index contributed by atoms with van der Waals surface area (Å²) in [6.45, 7) is 2.12. The van der Waals surface area contributed by atoms with Gasteiger partial charge < -0.3 is 10.3 Å². The van der Waals surface area contributed by atoms with Gasteiger partial charge in [-0.05, 0) is 41.5 Å². The van der Waals surface area contributed by atoms with Crippen molar-refractivity contribution in [3.8, 4) is 0 Å². The Morgan fingerprint density at radius 2 is 2.06 bits per heavy atom. The van der Waals surface area contributed by atoms with Crippen molar-refractivity contribution in [2.45, 2.75) is 31.6 Å². The molecule has 1 saturated carbocycles. The highest BCUT2D eigenvalue weighted by Crippen LogP contribution is 2.59. The van der Waals surface area contributed by atoms with E-state index < -0.39 is 0 Å². The molecule has 1 aromatic rings. The van der Waals surface area contributed by atoms with Gasteiger partial charge in [-0.25, -0.2) is 0 Å². The van der Waals surface area contributed by atoms with Gasteiger partial charge in [-0.15, -0.1) is 0 Å². The van der Waals surface area contributed by atoms with Crippen LogP contribution in [-0.4, -0.2) is 7.05 Å². The third-order valence-corrected chi connectivity index (χ3v) is 4.59. The van der Waals surface area contributed by atoms with Gasteiger partial charge in [-0.2, -0.15) is 0 Å². The number of fused-ring (bicyclic) bond motifs is 5. The number of benzene rings is 1. The fourth-order valence-electron chi connectivity index (χ4n) is 3.57. The highest BCUT2D eigenvalue weighted by molar-refractivity contribution is 9.11. The molecule has 2 bridgehead atoms. The average Bonchev–Trinajstić information content (AvgIpc) is 2.84. The van der Waals surface area contributed by atoms with Crippen molar-refractivity contribution >= 4 is 21.6 Å². The molecule has 0 saturated heterocycles. The van der Waals surface area contributed by atoms with Crippen LogP contribution >= 0.6 is 15.9 Å². The molecule has 17 heavy (non-hydrogen) atoms. The Balaban J connectivity index is 2.22. The summed E-state index contributed by atoms with van der Waals surface area (Å²) in [4.78, 5) is 0. The minimum absolute atomic E-state index is 0.195. The highest BCUT2D eigenvalue weighted by atomic mass is 79.9. The summed E-state index contributed by atoms with van der Waals surface area (Å²) in [6, 6.07) is 6.20. The lowest BCUT2D eigenvalue weighted by Crippen LogP contribution is -2.98. The first kappa shape index (κ1) is 11.5. The van der Waals surface area contributed by atoms with Crippen LogP contribution in [0.25, 0.3) is 0 Å². The van der Waals surface area contributed by atoms with Crippen LogP contribution < -0.4 is 5.06 Å². The number of nitrogens with one attached hydrogen (secondary N) is 1. The summed E-state index contributed by atoms with van der Waals surface area (Å²) in [5.74, 6) is 1.03. The molecule has 2 aliphatic rings. The second-order valence-electron chi connectivity index (χ2n) is 5.04. The van der Waals surface area contributed by atoms with Crippen LogP contribution in [0.5, 0.6) is 0 Å². The molecule has 0 radical (unpaired) electrons. The van der Waals surface area contributed by atoms with E-state index in [0.717, 1.165) is 5.69 Å². The number of hydrogen-bond donors (Lipinski definition) is 1. The molecule has 3 rings (SSSR count). The van der Waals surface area contributed by atoms with E-state index in [9.17, 15) is 5.21 Å². The van der Waals surface area contributed by atoms with Crippen molar-refractivity contribution in [1.82, 2.24) is 0 Å². The first-order chi connectivity index (χ1) is 8.11. The zero-order valence-electron chi connectivity index (χ0n) is 10.1. The minimum Gasteiger partial charge on any atom is -0.629 e. The molecule has 0 amide bonds. The molecule has 1 aromatic carbocycles. The molecule has 2 aliphatic carbocycles. The number of hydrogen-bond acceptors (Lipinski definition) is 1. The van der Waals surface area contributed by atoms with Gasteiger partial charge in [-0.1, -0.05) is 28.1 Å². The van der Waals surface area contributed by atoms with Gasteiger partial charge in [0.15, 0.2) is 0 Å². The van der Waals surface area contributed by atoms with Crippen molar-refractivity contribution in [3.05, 3.63) is 44.6 Å². The maximum absolute atomic E-state index is 11.7. The van der Waals surface area contributed by atoms with Crippen LogP contribution in [0.2, 0.25) is 0 Å². The average molecular weight is 294 g/mol. The predicted molar refractivity (Wildman–Crippen MR) is 72.7 cm³/mol. The lowest BCUT2D eigenvalue weighted by atomic mass is 9.90. The lowest BCUT2D eigenvalue weighted by molar-refractivity contribution is -0.751. The van der Waals surface area contributed by atoms with Crippen molar-refractivity contribution in [2.24, 2.45) is 0 Å². The molecule has 2 nitrogen and oxygen atoms in total. The standard InChI is InChI=1S/C14H16BrNO/c1-8(15)13-10-6-7-11(13)14-9(10)4-3-5-12(14)16(2)17/h3-5,10-11,16H,6-7H2,1-2H3/b13-8-. The molecule has 90 valence electrons. The van der Waals surface area contributed by atoms with E-state index in [0.29, 0.717) is 11.8 Å². The third-order valence-electron chi connectivity index (χ3n) is 4.14. The Kier molecular flexibility index (Phi) is 2.65. The number of rotatable bonds is 1. The normalized spacial score (nSPS) is 30.4. The molecule has 0 aliphatic heterocycles. The Morgan fingerprint density at radius 3 is 2.71 bits per heavy atom. The molecule has 3 atom stereocenters. The smallest absolute Gasteiger partial charge is 0.135 e. The van der Waals surface area contributed by atoms with Crippen molar-refractivity contribution in [2.75, 3.05) is 7.05 Å². The van der Waals surface area contributed by atoms with Gasteiger partial charge in [0, 0.05) is 17.4 Å². The SMILES string of the molecule is C/C(Br)=C1\C2CCC1c1c2cccc1[NH+](C)[O-]. The molecule has 3 heteroatoms. The minimum atomic E-state index is 0.195. The quantitative estimate of drug-likeness (QED) is 0.792. The Morgan fingerprint density at radius 1 is 1.35 bits per heavy atom. The largest absolute Gasteiger partial charge is 0.629 e. The van der Waals surface area contributed by atoms with E-state index in [-0.39, 0.29) is 5.06 Å². The highest BCUT2D eigenvalue weighted by Gasteiger charge is 2.44. The van der Waals surface area contributed by atoms with Gasteiger partial charge >= 0.3 is 0 Å². The van der Waals surface area contributed by atoms with Gasteiger partial charge in [0.1, 0.15) is 5.69 Å². The van der Waals surface area contributed by atoms with Crippen LogP contribution in [-0.2, 0) is 0 Å². The van der Waals surface area contributed by atoms with Crippen molar-refractivity contribution in [1.29, 1.82) is 0 Å². The van der Waals surface area contributed by atoms with E-state index in [1.807, 2.05) is 12.1 Å². The number of quaternary nitrogens is 1. The number of allylic oxidation sites excluding steroid dienone is 2. The molecule has 0 aromatic heterocycles. The summed E-state index contributed by atoms with van der Waals surface area (Å²) in [6.07, 6.45) is 2.43. The Hall–Kier alpha value is -0.640. The van der Waals surface area contributed by atoms with Crippen LogP contribution in [0.4, 0.5) is 5.69 Å². The lowest BCUT2D eigenvalue weighted by Gasteiger charge is -2.23. The predicted octanol–water partition coefficient (Wildman–Crippen LogP) is 2.97. The number of hydroxylamine groups is 1. The van der Waals surface area contributed by atoms with E-state index in [4.69, 9.17) is 0 Å². The molecule has 3 unspecified atom stereocenters. The summed E-state index contributed by atoms with van der Waals surface area (Å²) in [5, 5.41) is 11.9. The van der Waals surface area contributed by atoms with Gasteiger partial charge in [0.2, 0.25) is 0 Å². The second kappa shape index (κ2) is 3.94. The second-order valence-corrected chi connectivity index (χ2v) is 6.23. The van der Waals surface area contributed by atoms with Gasteiger partial charge in [0.05, 0.1) is 7.05 Å². The molecule has 0 heterocycles. The van der Waals surface area contributed by atoms with E-state index in [1.165, 1.54) is 34.0 Å². The summed E-state index contributed by atoms with van der Waals surface area (Å²) < 4.78 is 1.26. The maximum atomic E-state index is 11.7. The van der Waals surface area contributed by atoms with E-state index >= 15 is 0 Å². The van der Waals surface area contributed by atoms with Gasteiger partial charge in [0.25, 0.3) is 0 Å².